The fourth-order valence-electron chi connectivity index (χ4n) is 2.95. The molecule has 0 unspecified atom stereocenters. The zero-order valence-corrected chi connectivity index (χ0v) is 17.2. The van der Waals surface area contributed by atoms with Gasteiger partial charge in [0.1, 0.15) is 10.8 Å². The van der Waals surface area contributed by atoms with Crippen molar-refractivity contribution in [3.8, 4) is 0 Å². The number of halogens is 1. The van der Waals surface area contributed by atoms with Crippen molar-refractivity contribution < 1.29 is 9.53 Å². The minimum Gasteiger partial charge on any atom is -0.444 e. The third kappa shape index (κ3) is 4.42. The number of rotatable bonds is 4. The minimum atomic E-state index is -0.530. The van der Waals surface area contributed by atoms with Crippen molar-refractivity contribution in [3.05, 3.63) is 41.3 Å². The van der Waals surface area contributed by atoms with E-state index in [1.54, 1.807) is 30.4 Å². The zero-order chi connectivity index (χ0) is 20.5. The van der Waals surface area contributed by atoms with Gasteiger partial charge in [-0.05, 0) is 39.0 Å². The number of nitrogens with one attached hydrogen (secondary N) is 2. The first-order valence-electron chi connectivity index (χ1n) is 9.05. The predicted molar refractivity (Wildman–Crippen MR) is 111 cm³/mol. The lowest BCUT2D eigenvalue weighted by atomic mass is 9.87. The average Bonchev–Trinajstić information content (AvgIpc) is 2.55. The smallest absolute Gasteiger partial charge is 0.410 e. The number of nitrogens with zero attached hydrogens (tertiary/aromatic N) is 3. The van der Waals surface area contributed by atoms with Crippen LogP contribution in [0.3, 0.4) is 0 Å². The van der Waals surface area contributed by atoms with Crippen LogP contribution in [0.25, 0.3) is 16.6 Å². The summed E-state index contributed by atoms with van der Waals surface area (Å²) in [5, 5.41) is 12.0. The molecule has 1 amide bonds. The molecule has 1 fully saturated rings. The monoisotopic (exact) mass is 401 g/mol. The number of carbonyl (C=O) groups is 1. The second kappa shape index (κ2) is 7.75. The quantitative estimate of drug-likeness (QED) is 0.601. The van der Waals surface area contributed by atoms with E-state index >= 15 is 0 Å². The van der Waals surface area contributed by atoms with Crippen LogP contribution in [0.5, 0.6) is 0 Å². The maximum atomic E-state index is 12.1. The molecule has 148 valence electrons. The molecule has 8 heteroatoms. The number of likely N-dealkylation sites (tertiary alicyclic amines) is 1. The van der Waals surface area contributed by atoms with E-state index < -0.39 is 5.60 Å². The summed E-state index contributed by atoms with van der Waals surface area (Å²) in [6.45, 7) is 6.43. The summed E-state index contributed by atoms with van der Waals surface area (Å²) in [5.41, 5.74) is 2.81. The Morgan fingerprint density at radius 3 is 2.71 bits per heavy atom. The van der Waals surface area contributed by atoms with Crippen molar-refractivity contribution in [1.29, 1.82) is 5.41 Å². The number of carbonyl (C=O) groups excluding carboxylic acids is 1. The van der Waals surface area contributed by atoms with Crippen molar-refractivity contribution in [1.82, 2.24) is 20.2 Å². The Morgan fingerprint density at radius 1 is 1.36 bits per heavy atom. The van der Waals surface area contributed by atoms with Gasteiger partial charge in [-0.15, -0.1) is 0 Å². The molecule has 2 aromatic rings. The molecule has 7 nitrogen and oxygen atoms in total. The lowest BCUT2D eigenvalue weighted by Gasteiger charge is -2.40. The van der Waals surface area contributed by atoms with Crippen molar-refractivity contribution in [2.24, 2.45) is 5.92 Å². The van der Waals surface area contributed by atoms with Gasteiger partial charge in [0.15, 0.2) is 0 Å². The van der Waals surface area contributed by atoms with Crippen molar-refractivity contribution in [2.75, 3.05) is 20.1 Å². The predicted octanol–water partition coefficient (Wildman–Crippen LogP) is 3.73. The molecule has 2 N–H and O–H groups in total. The fourth-order valence-corrected chi connectivity index (χ4v) is 3.10. The molecule has 0 spiro atoms. The van der Waals surface area contributed by atoms with E-state index in [1.807, 2.05) is 32.9 Å². The summed E-state index contributed by atoms with van der Waals surface area (Å²) in [4.78, 5) is 22.5. The van der Waals surface area contributed by atoms with Gasteiger partial charge in [-0.1, -0.05) is 11.6 Å². The highest BCUT2D eigenvalue weighted by atomic mass is 35.5. The molecule has 1 aliphatic heterocycles. The summed E-state index contributed by atoms with van der Waals surface area (Å²) in [6, 6.07) is 5.38. The first-order chi connectivity index (χ1) is 13.2. The third-order valence-corrected chi connectivity index (χ3v) is 4.55. The van der Waals surface area contributed by atoms with Crippen LogP contribution in [0.15, 0.2) is 30.6 Å². The largest absolute Gasteiger partial charge is 0.444 e. The van der Waals surface area contributed by atoms with Gasteiger partial charge in [0, 0.05) is 55.3 Å². The lowest BCUT2D eigenvalue weighted by molar-refractivity contribution is 0.00702. The number of fused-ring (bicyclic) bond motifs is 1. The molecule has 1 saturated heterocycles. The van der Waals surface area contributed by atoms with Gasteiger partial charge >= 0.3 is 6.09 Å². The molecule has 3 rings (SSSR count). The number of ether oxygens (including phenoxy) is 1. The number of aromatic nitrogens is 2. The normalized spacial score (nSPS) is 15.3. The van der Waals surface area contributed by atoms with Gasteiger partial charge < -0.3 is 20.4 Å². The zero-order valence-electron chi connectivity index (χ0n) is 16.4. The Bertz CT molecular complexity index is 945. The minimum absolute atomic E-state index is 0.0601. The number of allylic oxidation sites excluding steroid dienone is 1. The van der Waals surface area contributed by atoms with Crippen molar-refractivity contribution in [2.45, 2.75) is 26.4 Å². The molecule has 0 saturated carbocycles. The van der Waals surface area contributed by atoms with Crippen LogP contribution in [-0.4, -0.2) is 52.4 Å². The Hall–Kier alpha value is -2.67. The number of amides is 1. The Morgan fingerprint density at radius 2 is 2.07 bits per heavy atom. The second-order valence-corrected chi connectivity index (χ2v) is 8.13. The number of hydrogen-bond acceptors (Lipinski definition) is 6. The van der Waals surface area contributed by atoms with E-state index in [2.05, 4.69) is 15.3 Å². The highest BCUT2D eigenvalue weighted by Gasteiger charge is 2.37. The molecule has 28 heavy (non-hydrogen) atoms. The molecule has 1 aliphatic rings. The lowest BCUT2D eigenvalue weighted by Crippen LogP contribution is -2.54. The molecule has 0 bridgehead atoms. The molecular weight excluding hydrogens is 378 g/mol. The maximum Gasteiger partial charge on any atom is 0.410 e. The highest BCUT2D eigenvalue weighted by molar-refractivity contribution is 6.29. The average molecular weight is 402 g/mol. The van der Waals surface area contributed by atoms with Gasteiger partial charge in [-0.25, -0.2) is 9.78 Å². The maximum absolute atomic E-state index is 12.1. The summed E-state index contributed by atoms with van der Waals surface area (Å²) in [7, 11) is 1.78. The summed E-state index contributed by atoms with van der Waals surface area (Å²) >= 11 is 5.99. The molecule has 3 heterocycles. The van der Waals surface area contributed by atoms with Crippen LogP contribution < -0.4 is 5.32 Å². The standard InChI is InChI=1S/C20H24ClN5O2/c1-20(2,3)28-19(27)26-10-13(11-26)18(22)14(9-23-4)12-7-16-15(24-8-12)5-6-17(21)25-16/h5-9,13,22-23H,10-11H2,1-4H3/b14-9-,22-18?. The third-order valence-electron chi connectivity index (χ3n) is 4.33. The van der Waals surface area contributed by atoms with E-state index in [4.69, 9.17) is 21.7 Å². The van der Waals surface area contributed by atoms with Crippen LogP contribution in [0.4, 0.5) is 4.79 Å². The van der Waals surface area contributed by atoms with Gasteiger partial charge in [0.2, 0.25) is 0 Å². The first-order valence-corrected chi connectivity index (χ1v) is 9.42. The molecule has 0 radical (unpaired) electrons. The van der Waals surface area contributed by atoms with Crippen molar-refractivity contribution in [3.63, 3.8) is 0 Å². The van der Waals surface area contributed by atoms with Gasteiger partial charge in [0.05, 0.1) is 11.0 Å². The highest BCUT2D eigenvalue weighted by Crippen LogP contribution is 2.28. The van der Waals surface area contributed by atoms with E-state index in [-0.39, 0.29) is 12.0 Å². The Labute approximate surface area is 169 Å². The molecular formula is C20H24ClN5O2. The number of pyridine rings is 2. The topological polar surface area (TPSA) is 91.2 Å². The molecule has 2 aromatic heterocycles. The van der Waals surface area contributed by atoms with Crippen LogP contribution >= 0.6 is 11.6 Å². The van der Waals surface area contributed by atoms with E-state index in [9.17, 15) is 4.79 Å². The van der Waals surface area contributed by atoms with Gasteiger partial charge in [-0.2, -0.15) is 0 Å². The van der Waals surface area contributed by atoms with Crippen LogP contribution in [-0.2, 0) is 4.74 Å². The van der Waals surface area contributed by atoms with E-state index in [1.165, 1.54) is 0 Å². The molecule has 0 aromatic carbocycles. The van der Waals surface area contributed by atoms with Gasteiger partial charge in [-0.3, -0.25) is 4.98 Å². The molecule has 0 aliphatic carbocycles. The Kier molecular flexibility index (Phi) is 5.56. The summed E-state index contributed by atoms with van der Waals surface area (Å²) in [5.74, 6) is -0.0601. The summed E-state index contributed by atoms with van der Waals surface area (Å²) < 4.78 is 5.38. The fraction of sp³-hybridized carbons (Fsp3) is 0.400. The van der Waals surface area contributed by atoms with Crippen LogP contribution in [0.1, 0.15) is 26.3 Å². The van der Waals surface area contributed by atoms with E-state index in [0.29, 0.717) is 35.0 Å². The second-order valence-electron chi connectivity index (χ2n) is 7.74. The first kappa shape index (κ1) is 20.1. The van der Waals surface area contributed by atoms with Crippen LogP contribution in [0, 0.1) is 11.3 Å². The Balaban J connectivity index is 1.76. The summed E-state index contributed by atoms with van der Waals surface area (Å²) in [6.07, 6.45) is 3.15. The van der Waals surface area contributed by atoms with Crippen molar-refractivity contribution >= 4 is 40.0 Å². The van der Waals surface area contributed by atoms with Crippen LogP contribution in [0.2, 0.25) is 5.15 Å². The molecule has 0 atom stereocenters. The van der Waals surface area contributed by atoms with E-state index in [0.717, 1.165) is 11.1 Å². The number of hydrogen-bond donors (Lipinski definition) is 2. The van der Waals surface area contributed by atoms with Gasteiger partial charge in [0.25, 0.3) is 0 Å². The SMILES string of the molecule is CN/C=C(\C(=N)C1CN(C(=O)OC(C)(C)C)C1)c1cnc2ccc(Cl)nc2c1.